The molecule has 6 nitrogen and oxygen atoms in total. The van der Waals surface area contributed by atoms with Crippen LogP contribution in [0.5, 0.6) is 11.5 Å². The first-order valence-corrected chi connectivity index (χ1v) is 8.15. The first-order chi connectivity index (χ1) is 11.1. The van der Waals surface area contributed by atoms with Crippen LogP contribution in [0.3, 0.4) is 0 Å². The standard InChI is InChI=1S/C17H27N3O3.HI/c1-4-18-17(20-10-9-14(21)12-20)19-11-13(2)23-16-8-6-5-7-15(16)22-3;/h5-8,13-14,21H,4,9-12H2,1-3H3,(H,18,19);1H/t13?,14-;/m1./s1. The number of aliphatic hydroxyl groups is 1. The number of benzene rings is 1. The molecule has 24 heavy (non-hydrogen) atoms. The molecule has 1 fully saturated rings. The molecule has 136 valence electrons. The zero-order valence-corrected chi connectivity index (χ0v) is 16.9. The van der Waals surface area contributed by atoms with Crippen LogP contribution in [-0.4, -0.2) is 61.5 Å². The van der Waals surface area contributed by atoms with Crippen molar-refractivity contribution >= 4 is 29.9 Å². The monoisotopic (exact) mass is 449 g/mol. The summed E-state index contributed by atoms with van der Waals surface area (Å²) in [6.07, 6.45) is 0.450. The number of methoxy groups -OCH3 is 1. The molecule has 0 amide bonds. The number of para-hydroxylation sites is 2. The second-order valence-electron chi connectivity index (χ2n) is 5.66. The average Bonchev–Trinajstić information content (AvgIpc) is 2.98. The Morgan fingerprint density at radius 2 is 2.12 bits per heavy atom. The quantitative estimate of drug-likeness (QED) is 0.396. The number of hydrogen-bond acceptors (Lipinski definition) is 4. The number of likely N-dealkylation sites (tertiary alicyclic amines) is 1. The summed E-state index contributed by atoms with van der Waals surface area (Å²) in [5.41, 5.74) is 0. The summed E-state index contributed by atoms with van der Waals surface area (Å²) >= 11 is 0. The number of hydrogen-bond donors (Lipinski definition) is 2. The number of rotatable bonds is 6. The summed E-state index contributed by atoms with van der Waals surface area (Å²) in [4.78, 5) is 6.72. The van der Waals surface area contributed by atoms with Crippen LogP contribution < -0.4 is 14.8 Å². The maximum Gasteiger partial charge on any atom is 0.194 e. The van der Waals surface area contributed by atoms with E-state index in [-0.39, 0.29) is 36.2 Å². The van der Waals surface area contributed by atoms with Crippen molar-refractivity contribution in [3.05, 3.63) is 24.3 Å². The van der Waals surface area contributed by atoms with E-state index in [0.29, 0.717) is 13.1 Å². The van der Waals surface area contributed by atoms with Gasteiger partial charge in [-0.3, -0.25) is 0 Å². The van der Waals surface area contributed by atoms with Crippen molar-refractivity contribution in [1.82, 2.24) is 10.2 Å². The van der Waals surface area contributed by atoms with Crippen LogP contribution in [0.25, 0.3) is 0 Å². The molecule has 0 aliphatic carbocycles. The number of ether oxygens (including phenoxy) is 2. The summed E-state index contributed by atoms with van der Waals surface area (Å²) in [7, 11) is 1.63. The number of nitrogens with one attached hydrogen (secondary N) is 1. The van der Waals surface area contributed by atoms with Gasteiger partial charge in [0.15, 0.2) is 17.5 Å². The molecule has 1 aliphatic heterocycles. The molecule has 0 spiro atoms. The van der Waals surface area contributed by atoms with Gasteiger partial charge in [0.25, 0.3) is 0 Å². The lowest BCUT2D eigenvalue weighted by molar-refractivity contribution is 0.187. The van der Waals surface area contributed by atoms with Gasteiger partial charge in [-0.25, -0.2) is 4.99 Å². The van der Waals surface area contributed by atoms with Crippen molar-refractivity contribution in [2.24, 2.45) is 4.99 Å². The molecule has 1 saturated heterocycles. The molecule has 0 bridgehead atoms. The minimum absolute atomic E-state index is 0. The van der Waals surface area contributed by atoms with Gasteiger partial charge in [-0.1, -0.05) is 12.1 Å². The topological polar surface area (TPSA) is 66.3 Å². The minimum atomic E-state index is -0.263. The first kappa shape index (κ1) is 20.8. The Morgan fingerprint density at radius 1 is 1.42 bits per heavy atom. The lowest BCUT2D eigenvalue weighted by Gasteiger charge is -2.22. The van der Waals surface area contributed by atoms with Crippen LogP contribution in [0.4, 0.5) is 0 Å². The van der Waals surface area contributed by atoms with E-state index in [1.165, 1.54) is 0 Å². The van der Waals surface area contributed by atoms with Crippen molar-refractivity contribution in [3.63, 3.8) is 0 Å². The Kier molecular flexibility index (Phi) is 9.20. The number of guanidine groups is 1. The van der Waals surface area contributed by atoms with Crippen LogP contribution >= 0.6 is 24.0 Å². The molecule has 1 aromatic rings. The lowest BCUT2D eigenvalue weighted by Crippen LogP contribution is -2.41. The molecule has 0 aromatic heterocycles. The highest BCUT2D eigenvalue weighted by molar-refractivity contribution is 14.0. The highest BCUT2D eigenvalue weighted by atomic mass is 127. The van der Waals surface area contributed by atoms with Crippen LogP contribution in [0.1, 0.15) is 20.3 Å². The molecule has 2 rings (SSSR count). The number of halogens is 1. The highest BCUT2D eigenvalue weighted by Crippen LogP contribution is 2.26. The molecule has 1 aliphatic rings. The van der Waals surface area contributed by atoms with Gasteiger partial charge in [0.1, 0.15) is 6.10 Å². The van der Waals surface area contributed by atoms with E-state index in [4.69, 9.17) is 9.47 Å². The molecule has 2 N–H and O–H groups in total. The van der Waals surface area contributed by atoms with Gasteiger partial charge in [0.2, 0.25) is 0 Å². The van der Waals surface area contributed by atoms with E-state index in [9.17, 15) is 5.11 Å². The van der Waals surface area contributed by atoms with E-state index in [1.54, 1.807) is 7.11 Å². The molecule has 1 aromatic carbocycles. The maximum absolute atomic E-state index is 9.68. The number of nitrogens with zero attached hydrogens (tertiary/aromatic N) is 2. The van der Waals surface area contributed by atoms with Crippen molar-refractivity contribution in [1.29, 1.82) is 0 Å². The third-order valence-electron chi connectivity index (χ3n) is 3.69. The van der Waals surface area contributed by atoms with Gasteiger partial charge in [-0.05, 0) is 32.4 Å². The van der Waals surface area contributed by atoms with Gasteiger partial charge in [0.05, 0.1) is 19.8 Å². The fourth-order valence-corrected chi connectivity index (χ4v) is 2.55. The van der Waals surface area contributed by atoms with Gasteiger partial charge < -0.3 is 24.8 Å². The smallest absolute Gasteiger partial charge is 0.194 e. The van der Waals surface area contributed by atoms with Gasteiger partial charge in [-0.2, -0.15) is 0 Å². The third kappa shape index (κ3) is 6.01. The Hall–Kier alpha value is -1.22. The zero-order chi connectivity index (χ0) is 16.7. The molecular weight excluding hydrogens is 421 g/mol. The summed E-state index contributed by atoms with van der Waals surface area (Å²) in [6.45, 7) is 6.82. The van der Waals surface area contributed by atoms with Crippen LogP contribution in [0.2, 0.25) is 0 Å². The lowest BCUT2D eigenvalue weighted by atomic mass is 10.3. The Bertz CT molecular complexity index is 528. The zero-order valence-electron chi connectivity index (χ0n) is 14.6. The Labute approximate surface area is 161 Å². The van der Waals surface area contributed by atoms with Crippen molar-refractivity contribution < 1.29 is 14.6 Å². The van der Waals surface area contributed by atoms with E-state index in [0.717, 1.165) is 37.0 Å². The predicted molar refractivity (Wildman–Crippen MR) is 107 cm³/mol. The Balaban J connectivity index is 0.00000288. The largest absolute Gasteiger partial charge is 0.493 e. The molecule has 7 heteroatoms. The van der Waals surface area contributed by atoms with E-state index >= 15 is 0 Å². The minimum Gasteiger partial charge on any atom is -0.493 e. The second kappa shape index (κ2) is 10.6. The fourth-order valence-electron chi connectivity index (χ4n) is 2.55. The molecule has 2 atom stereocenters. The van der Waals surface area contributed by atoms with Crippen molar-refractivity contribution in [2.45, 2.75) is 32.5 Å². The second-order valence-corrected chi connectivity index (χ2v) is 5.66. The SMILES string of the molecule is CCNC(=NCC(C)Oc1ccccc1OC)N1CC[C@@H](O)C1.I. The predicted octanol–water partition coefficient (Wildman–Crippen LogP) is 2.11. The molecular formula is C17H28IN3O3. The molecule has 0 saturated carbocycles. The third-order valence-corrected chi connectivity index (χ3v) is 3.69. The number of aliphatic imine (C=N–C) groups is 1. The van der Waals surface area contributed by atoms with E-state index in [1.807, 2.05) is 38.1 Å². The van der Waals surface area contributed by atoms with Crippen LogP contribution in [0, 0.1) is 0 Å². The van der Waals surface area contributed by atoms with E-state index in [2.05, 4.69) is 15.2 Å². The van der Waals surface area contributed by atoms with Crippen LogP contribution in [0.15, 0.2) is 29.3 Å². The van der Waals surface area contributed by atoms with Crippen molar-refractivity contribution in [3.8, 4) is 11.5 Å². The summed E-state index contributed by atoms with van der Waals surface area (Å²) in [5.74, 6) is 2.27. The molecule has 0 radical (unpaired) electrons. The fraction of sp³-hybridized carbons (Fsp3) is 0.588. The average molecular weight is 449 g/mol. The molecule has 1 unspecified atom stereocenters. The Morgan fingerprint density at radius 3 is 2.71 bits per heavy atom. The van der Waals surface area contributed by atoms with Crippen LogP contribution in [-0.2, 0) is 0 Å². The number of aliphatic hydroxyl groups excluding tert-OH is 1. The first-order valence-electron chi connectivity index (χ1n) is 8.15. The highest BCUT2D eigenvalue weighted by Gasteiger charge is 2.23. The summed E-state index contributed by atoms with van der Waals surface area (Å²) in [6, 6.07) is 7.60. The maximum atomic E-state index is 9.68. The van der Waals surface area contributed by atoms with Gasteiger partial charge >= 0.3 is 0 Å². The van der Waals surface area contributed by atoms with Gasteiger partial charge in [-0.15, -0.1) is 24.0 Å². The normalized spacial score (nSPS) is 18.8. The van der Waals surface area contributed by atoms with Gasteiger partial charge in [0, 0.05) is 19.6 Å². The van der Waals surface area contributed by atoms with E-state index < -0.39 is 0 Å². The number of β-amino-alcohol motifs (C(OH)–C–C–N with tert-alkyl or cyclic N) is 1. The summed E-state index contributed by atoms with van der Waals surface area (Å²) in [5, 5.41) is 13.0. The summed E-state index contributed by atoms with van der Waals surface area (Å²) < 4.78 is 11.2. The molecule has 1 heterocycles. The van der Waals surface area contributed by atoms with Crippen molar-refractivity contribution in [2.75, 3.05) is 33.3 Å².